The number of aliphatic hydroxyl groups is 1. The molecule has 0 aliphatic heterocycles. The van der Waals surface area contributed by atoms with Crippen LogP contribution in [0.5, 0.6) is 11.5 Å². The average Bonchev–Trinajstić information content (AvgIpc) is 2.53. The zero-order valence-electron chi connectivity index (χ0n) is 15.2. The zero-order chi connectivity index (χ0) is 18.1. The molecule has 0 aromatic heterocycles. The van der Waals surface area contributed by atoms with Gasteiger partial charge in [-0.25, -0.2) is 0 Å². The highest BCUT2D eigenvalue weighted by atomic mass is 16.3. The van der Waals surface area contributed by atoms with Gasteiger partial charge in [0.1, 0.15) is 5.78 Å². The van der Waals surface area contributed by atoms with E-state index in [4.69, 9.17) is 0 Å². The minimum absolute atomic E-state index is 0.0661. The largest absolute Gasteiger partial charge is 0.504 e. The molecule has 1 fully saturated rings. The van der Waals surface area contributed by atoms with Crippen LogP contribution in [0, 0.1) is 5.92 Å². The highest BCUT2D eigenvalue weighted by Crippen LogP contribution is 2.56. The minimum atomic E-state index is -1.09. The normalized spacial score (nSPS) is 27.7. The van der Waals surface area contributed by atoms with Crippen molar-refractivity contribution in [3.05, 3.63) is 23.3 Å². The molecule has 1 saturated carbocycles. The van der Waals surface area contributed by atoms with E-state index in [1.54, 1.807) is 6.07 Å². The fourth-order valence-electron chi connectivity index (χ4n) is 4.60. The Kier molecular flexibility index (Phi) is 5.28. The molecule has 3 N–H and O–H groups in total. The highest BCUT2D eigenvalue weighted by Gasteiger charge is 2.57. The lowest BCUT2D eigenvalue weighted by molar-refractivity contribution is -0.143. The summed E-state index contributed by atoms with van der Waals surface area (Å²) in [7, 11) is 0. The summed E-state index contributed by atoms with van der Waals surface area (Å²) in [6, 6.07) is 3.28. The predicted molar refractivity (Wildman–Crippen MR) is 94.4 cm³/mol. The van der Waals surface area contributed by atoms with Gasteiger partial charge in [0.15, 0.2) is 11.5 Å². The lowest BCUT2D eigenvalue weighted by atomic mass is 9.53. The Morgan fingerprint density at radius 2 is 1.88 bits per heavy atom. The molecule has 2 unspecified atom stereocenters. The highest BCUT2D eigenvalue weighted by molar-refractivity contribution is 5.82. The Bertz CT molecular complexity index is 622. The summed E-state index contributed by atoms with van der Waals surface area (Å²) in [6.07, 6.45) is 3.00. The third-order valence-electron chi connectivity index (χ3n) is 5.85. The molecule has 0 amide bonds. The number of carbonyl (C=O) groups excluding carboxylic acids is 1. The summed E-state index contributed by atoms with van der Waals surface area (Å²) < 4.78 is 0. The van der Waals surface area contributed by atoms with Crippen molar-refractivity contribution in [3.8, 4) is 11.5 Å². The fraction of sp³-hybridized carbons (Fsp3) is 0.650. The van der Waals surface area contributed by atoms with Crippen LogP contribution in [0.15, 0.2) is 12.1 Å². The van der Waals surface area contributed by atoms with Crippen LogP contribution in [0.1, 0.15) is 70.9 Å². The molecule has 0 bridgehead atoms. The summed E-state index contributed by atoms with van der Waals surface area (Å²) in [5, 5.41) is 32.4. The molecule has 0 spiro atoms. The van der Waals surface area contributed by atoms with Gasteiger partial charge in [0.05, 0.1) is 5.60 Å². The van der Waals surface area contributed by atoms with Gasteiger partial charge < -0.3 is 15.3 Å². The maximum Gasteiger partial charge on any atom is 0.161 e. The summed E-state index contributed by atoms with van der Waals surface area (Å²) in [5.74, 6) is -0.333. The molecular formula is C20H30O4. The van der Waals surface area contributed by atoms with Crippen molar-refractivity contribution < 1.29 is 20.1 Å². The Morgan fingerprint density at radius 1 is 1.21 bits per heavy atom. The van der Waals surface area contributed by atoms with Crippen molar-refractivity contribution in [3.63, 3.8) is 0 Å². The van der Waals surface area contributed by atoms with Crippen LogP contribution >= 0.6 is 0 Å². The molecule has 0 heterocycles. The number of carbonyl (C=O) groups is 1. The number of aryl methyl sites for hydroxylation is 1. The SMILES string of the molecule is CCCC1(c2c(CC)ccc(O)c2O)CC(=O)CCC1(O)C(C)C. The Morgan fingerprint density at radius 3 is 2.42 bits per heavy atom. The molecule has 4 nitrogen and oxygen atoms in total. The molecule has 2 rings (SSSR count). The number of benzene rings is 1. The van der Waals surface area contributed by atoms with Crippen LogP contribution in [-0.4, -0.2) is 26.7 Å². The van der Waals surface area contributed by atoms with Crippen molar-refractivity contribution in [2.45, 2.75) is 77.2 Å². The molecule has 1 aliphatic carbocycles. The van der Waals surface area contributed by atoms with Crippen molar-refractivity contribution in [2.75, 3.05) is 0 Å². The maximum absolute atomic E-state index is 12.4. The number of ketones is 1. The predicted octanol–water partition coefficient (Wildman–Crippen LogP) is 3.84. The first-order chi connectivity index (χ1) is 11.2. The Labute approximate surface area is 144 Å². The van der Waals surface area contributed by atoms with E-state index in [1.165, 1.54) is 6.07 Å². The Balaban J connectivity index is 2.83. The fourth-order valence-corrected chi connectivity index (χ4v) is 4.60. The van der Waals surface area contributed by atoms with Gasteiger partial charge in [0.2, 0.25) is 0 Å². The summed E-state index contributed by atoms with van der Waals surface area (Å²) in [4.78, 5) is 12.4. The van der Waals surface area contributed by atoms with Gasteiger partial charge in [-0.15, -0.1) is 0 Å². The minimum Gasteiger partial charge on any atom is -0.504 e. The second-order valence-electron chi connectivity index (χ2n) is 7.45. The van der Waals surface area contributed by atoms with E-state index in [9.17, 15) is 20.1 Å². The van der Waals surface area contributed by atoms with E-state index in [0.29, 0.717) is 31.2 Å². The van der Waals surface area contributed by atoms with Crippen LogP contribution in [0.4, 0.5) is 0 Å². The van der Waals surface area contributed by atoms with E-state index in [0.717, 1.165) is 12.0 Å². The molecule has 1 aliphatic rings. The molecule has 1 aromatic rings. The van der Waals surface area contributed by atoms with Gasteiger partial charge in [-0.3, -0.25) is 4.79 Å². The number of rotatable bonds is 5. The molecule has 24 heavy (non-hydrogen) atoms. The monoisotopic (exact) mass is 334 g/mol. The van der Waals surface area contributed by atoms with Gasteiger partial charge in [-0.1, -0.05) is 40.2 Å². The molecule has 0 radical (unpaired) electrons. The van der Waals surface area contributed by atoms with Crippen molar-refractivity contribution in [1.29, 1.82) is 0 Å². The van der Waals surface area contributed by atoms with E-state index in [2.05, 4.69) is 0 Å². The summed E-state index contributed by atoms with van der Waals surface area (Å²) in [6.45, 7) is 7.93. The standard InChI is InChI=1S/C20H30O4/c1-5-10-19(12-15(21)9-11-20(19,24)13(3)4)17-14(6-2)7-8-16(22)18(17)23/h7-8,13,22-24H,5-6,9-12H2,1-4H3. The average molecular weight is 334 g/mol. The summed E-state index contributed by atoms with van der Waals surface area (Å²) in [5.41, 5.74) is -0.505. The van der Waals surface area contributed by atoms with Crippen LogP contribution in [0.25, 0.3) is 0 Å². The van der Waals surface area contributed by atoms with Crippen molar-refractivity contribution in [1.82, 2.24) is 0 Å². The van der Waals surface area contributed by atoms with E-state index in [1.807, 2.05) is 27.7 Å². The number of hydrogen-bond acceptors (Lipinski definition) is 4. The van der Waals surface area contributed by atoms with E-state index < -0.39 is 11.0 Å². The first-order valence-electron chi connectivity index (χ1n) is 9.01. The number of Topliss-reactive ketones (excluding diaryl/α,β-unsaturated/α-hetero) is 1. The number of phenols is 2. The second-order valence-corrected chi connectivity index (χ2v) is 7.45. The molecule has 2 atom stereocenters. The lowest BCUT2D eigenvalue weighted by Gasteiger charge is -2.53. The van der Waals surface area contributed by atoms with Gasteiger partial charge >= 0.3 is 0 Å². The van der Waals surface area contributed by atoms with Gasteiger partial charge in [-0.05, 0) is 36.8 Å². The molecule has 4 heteroatoms. The number of hydrogen-bond donors (Lipinski definition) is 3. The van der Waals surface area contributed by atoms with Gasteiger partial charge in [0, 0.05) is 23.8 Å². The van der Waals surface area contributed by atoms with Crippen LogP contribution in [-0.2, 0) is 16.6 Å². The van der Waals surface area contributed by atoms with E-state index >= 15 is 0 Å². The van der Waals surface area contributed by atoms with Gasteiger partial charge in [-0.2, -0.15) is 0 Å². The first-order valence-corrected chi connectivity index (χ1v) is 9.01. The summed E-state index contributed by atoms with van der Waals surface area (Å²) >= 11 is 0. The molecular weight excluding hydrogens is 304 g/mol. The van der Waals surface area contributed by atoms with Crippen molar-refractivity contribution in [2.24, 2.45) is 5.92 Å². The zero-order valence-corrected chi connectivity index (χ0v) is 15.2. The van der Waals surface area contributed by atoms with Crippen LogP contribution < -0.4 is 0 Å². The van der Waals surface area contributed by atoms with Crippen LogP contribution in [0.2, 0.25) is 0 Å². The van der Waals surface area contributed by atoms with E-state index in [-0.39, 0.29) is 29.6 Å². The smallest absolute Gasteiger partial charge is 0.161 e. The quantitative estimate of drug-likeness (QED) is 0.715. The first kappa shape index (κ1) is 18.8. The second kappa shape index (κ2) is 6.75. The molecule has 0 saturated heterocycles. The third kappa shape index (κ3) is 2.71. The third-order valence-corrected chi connectivity index (χ3v) is 5.85. The molecule has 1 aromatic carbocycles. The lowest BCUT2D eigenvalue weighted by Crippen LogP contribution is -2.59. The van der Waals surface area contributed by atoms with Crippen molar-refractivity contribution >= 4 is 5.78 Å². The topological polar surface area (TPSA) is 77.8 Å². The number of aromatic hydroxyl groups is 2. The number of phenolic OH excluding ortho intramolecular Hbond substituents is 2. The molecule has 134 valence electrons. The maximum atomic E-state index is 12.4. The van der Waals surface area contributed by atoms with Crippen LogP contribution in [0.3, 0.4) is 0 Å². The van der Waals surface area contributed by atoms with Gasteiger partial charge in [0.25, 0.3) is 0 Å². The Hall–Kier alpha value is -1.55.